The van der Waals surface area contributed by atoms with Crippen molar-refractivity contribution in [2.75, 3.05) is 6.54 Å². The Morgan fingerprint density at radius 3 is 2.52 bits per heavy atom. The summed E-state index contributed by atoms with van der Waals surface area (Å²) in [6.45, 7) is 10.3. The number of hydrogen-bond acceptors (Lipinski definition) is 2. The number of nitrogens with zero attached hydrogens (tertiary/aromatic N) is 2. The molecule has 0 unspecified atom stereocenters. The van der Waals surface area contributed by atoms with E-state index in [-0.39, 0.29) is 0 Å². The van der Waals surface area contributed by atoms with Crippen molar-refractivity contribution in [2.24, 2.45) is 0 Å². The molecule has 3 nitrogen and oxygen atoms in total. The van der Waals surface area contributed by atoms with Crippen LogP contribution < -0.4 is 0 Å². The Bertz CT molecular complexity index is 1320. The van der Waals surface area contributed by atoms with Crippen LogP contribution in [-0.2, 0) is 26.1 Å². The number of aromatic nitrogens is 1. The summed E-state index contributed by atoms with van der Waals surface area (Å²) >= 11 is 0. The van der Waals surface area contributed by atoms with Gasteiger partial charge in [0.05, 0.1) is 0 Å². The summed E-state index contributed by atoms with van der Waals surface area (Å²) in [7, 11) is 0. The van der Waals surface area contributed by atoms with Gasteiger partial charge in [-0.1, -0.05) is 59.7 Å². The number of phenols is 1. The molecule has 1 aliphatic heterocycles. The van der Waals surface area contributed by atoms with E-state index in [4.69, 9.17) is 0 Å². The van der Waals surface area contributed by atoms with Crippen LogP contribution in [0.1, 0.15) is 36.2 Å². The number of phenolic OH excluding ortho intramolecular Hbond substituents is 1. The lowest BCUT2D eigenvalue weighted by atomic mass is 9.99. The van der Waals surface area contributed by atoms with Gasteiger partial charge in [-0.05, 0) is 67.3 Å². The SMILES string of the molecule is CC(C)=CCn1c2c(c3cc(-c4cccc(C)c4)ccc31)CN(Cc1ccc(O)cc1)CC2. The van der Waals surface area contributed by atoms with Crippen LogP contribution in [0, 0.1) is 6.92 Å². The fourth-order valence-electron chi connectivity index (χ4n) is 4.99. The number of allylic oxidation sites excluding steroid dienone is 2. The van der Waals surface area contributed by atoms with E-state index in [0.717, 1.165) is 32.6 Å². The molecular formula is C30H32N2O. The van der Waals surface area contributed by atoms with Gasteiger partial charge >= 0.3 is 0 Å². The first kappa shape index (κ1) is 21.5. The monoisotopic (exact) mass is 436 g/mol. The normalized spacial score (nSPS) is 13.8. The zero-order valence-electron chi connectivity index (χ0n) is 19.8. The van der Waals surface area contributed by atoms with Crippen LogP contribution in [0.25, 0.3) is 22.0 Å². The highest BCUT2D eigenvalue weighted by Crippen LogP contribution is 2.35. The van der Waals surface area contributed by atoms with Gasteiger partial charge in [0, 0.05) is 49.2 Å². The molecule has 168 valence electrons. The zero-order chi connectivity index (χ0) is 22.9. The van der Waals surface area contributed by atoms with Gasteiger partial charge in [0.25, 0.3) is 0 Å². The maximum Gasteiger partial charge on any atom is 0.115 e. The Kier molecular flexibility index (Phi) is 5.82. The number of rotatable bonds is 5. The van der Waals surface area contributed by atoms with Crippen LogP contribution in [-0.4, -0.2) is 21.1 Å². The largest absolute Gasteiger partial charge is 0.508 e. The molecule has 3 aromatic carbocycles. The summed E-state index contributed by atoms with van der Waals surface area (Å²) in [6.07, 6.45) is 3.38. The summed E-state index contributed by atoms with van der Waals surface area (Å²) in [6, 6.07) is 23.4. The fraction of sp³-hybridized carbons (Fsp3) is 0.267. The Balaban J connectivity index is 1.56. The summed E-state index contributed by atoms with van der Waals surface area (Å²) in [5, 5.41) is 11.0. The van der Waals surface area contributed by atoms with Crippen molar-refractivity contribution in [1.29, 1.82) is 0 Å². The molecule has 0 aliphatic carbocycles. The lowest BCUT2D eigenvalue weighted by Crippen LogP contribution is -2.30. The van der Waals surface area contributed by atoms with Crippen LogP contribution >= 0.6 is 0 Å². The van der Waals surface area contributed by atoms with E-state index in [1.54, 1.807) is 12.1 Å². The Morgan fingerprint density at radius 2 is 1.76 bits per heavy atom. The van der Waals surface area contributed by atoms with E-state index in [9.17, 15) is 5.11 Å². The molecule has 0 fully saturated rings. The number of fused-ring (bicyclic) bond motifs is 3. The van der Waals surface area contributed by atoms with Crippen molar-refractivity contribution >= 4 is 10.9 Å². The molecule has 1 N–H and O–H groups in total. The molecule has 3 heteroatoms. The van der Waals surface area contributed by atoms with Crippen LogP contribution in [0.3, 0.4) is 0 Å². The number of aryl methyl sites for hydroxylation is 1. The third-order valence-electron chi connectivity index (χ3n) is 6.71. The van der Waals surface area contributed by atoms with Crippen molar-refractivity contribution in [3.63, 3.8) is 0 Å². The number of aromatic hydroxyl groups is 1. The van der Waals surface area contributed by atoms with Gasteiger partial charge in [0.1, 0.15) is 5.75 Å². The topological polar surface area (TPSA) is 28.4 Å². The molecule has 0 radical (unpaired) electrons. The van der Waals surface area contributed by atoms with Gasteiger partial charge in [0.15, 0.2) is 0 Å². The highest BCUT2D eigenvalue weighted by atomic mass is 16.3. The molecule has 1 aliphatic rings. The van der Waals surface area contributed by atoms with Gasteiger partial charge in [-0.2, -0.15) is 0 Å². The van der Waals surface area contributed by atoms with Crippen molar-refractivity contribution in [2.45, 2.75) is 46.8 Å². The van der Waals surface area contributed by atoms with E-state index in [2.05, 4.69) is 78.8 Å². The quantitative estimate of drug-likeness (QED) is 0.347. The van der Waals surface area contributed by atoms with Crippen molar-refractivity contribution in [3.8, 4) is 16.9 Å². The molecule has 5 rings (SSSR count). The maximum absolute atomic E-state index is 9.62. The molecule has 4 aromatic rings. The average molecular weight is 437 g/mol. The lowest BCUT2D eigenvalue weighted by Gasteiger charge is -2.28. The van der Waals surface area contributed by atoms with E-state index >= 15 is 0 Å². The van der Waals surface area contributed by atoms with E-state index in [0.29, 0.717) is 5.75 Å². The second-order valence-electron chi connectivity index (χ2n) is 9.55. The van der Waals surface area contributed by atoms with Crippen molar-refractivity contribution in [1.82, 2.24) is 9.47 Å². The lowest BCUT2D eigenvalue weighted by molar-refractivity contribution is 0.243. The molecule has 1 aromatic heterocycles. The van der Waals surface area contributed by atoms with Gasteiger partial charge in [-0.3, -0.25) is 4.90 Å². The number of benzene rings is 3. The summed E-state index contributed by atoms with van der Waals surface area (Å²) in [4.78, 5) is 2.53. The first-order chi connectivity index (χ1) is 16.0. The molecule has 0 atom stereocenters. The molecule has 0 bridgehead atoms. The zero-order valence-corrected chi connectivity index (χ0v) is 19.8. The highest BCUT2D eigenvalue weighted by molar-refractivity contribution is 5.90. The summed E-state index contributed by atoms with van der Waals surface area (Å²) in [5.41, 5.74) is 10.7. The minimum atomic E-state index is 0.325. The third-order valence-corrected chi connectivity index (χ3v) is 6.71. The molecule has 0 spiro atoms. The Morgan fingerprint density at radius 1 is 0.970 bits per heavy atom. The van der Waals surface area contributed by atoms with E-state index in [1.807, 2.05) is 12.1 Å². The predicted molar refractivity (Wildman–Crippen MR) is 137 cm³/mol. The first-order valence-corrected chi connectivity index (χ1v) is 11.8. The third kappa shape index (κ3) is 4.46. The molecule has 2 heterocycles. The summed E-state index contributed by atoms with van der Waals surface area (Å²) in [5.74, 6) is 0.325. The predicted octanol–water partition coefficient (Wildman–Crippen LogP) is 6.85. The molecule has 33 heavy (non-hydrogen) atoms. The minimum absolute atomic E-state index is 0.325. The average Bonchev–Trinajstić information content (AvgIpc) is 3.11. The standard InChI is InChI=1S/C30H32N2O/c1-21(2)13-16-32-29-12-9-25(24-6-4-5-22(3)17-24)18-27(29)28-20-31(15-14-30(28)32)19-23-7-10-26(33)11-8-23/h4-13,17-18,33H,14-16,19-20H2,1-3H3. The Labute approximate surface area is 196 Å². The van der Waals surface area contributed by atoms with Crippen LogP contribution in [0.15, 0.2) is 78.4 Å². The molecular weight excluding hydrogens is 404 g/mol. The van der Waals surface area contributed by atoms with E-state index < -0.39 is 0 Å². The van der Waals surface area contributed by atoms with Crippen molar-refractivity contribution in [3.05, 3.63) is 101 Å². The molecule has 0 saturated carbocycles. The minimum Gasteiger partial charge on any atom is -0.508 e. The number of hydrogen-bond donors (Lipinski definition) is 1. The first-order valence-electron chi connectivity index (χ1n) is 11.8. The van der Waals surface area contributed by atoms with Gasteiger partial charge in [0.2, 0.25) is 0 Å². The van der Waals surface area contributed by atoms with Crippen LogP contribution in [0.4, 0.5) is 0 Å². The smallest absolute Gasteiger partial charge is 0.115 e. The van der Waals surface area contributed by atoms with Crippen LogP contribution in [0.2, 0.25) is 0 Å². The summed E-state index contributed by atoms with van der Waals surface area (Å²) < 4.78 is 2.52. The maximum atomic E-state index is 9.62. The second kappa shape index (κ2) is 8.92. The molecule has 0 amide bonds. The fourth-order valence-corrected chi connectivity index (χ4v) is 4.99. The van der Waals surface area contributed by atoms with Crippen molar-refractivity contribution < 1.29 is 5.11 Å². The highest BCUT2D eigenvalue weighted by Gasteiger charge is 2.24. The van der Waals surface area contributed by atoms with Gasteiger partial charge < -0.3 is 9.67 Å². The second-order valence-corrected chi connectivity index (χ2v) is 9.55. The van der Waals surface area contributed by atoms with E-state index in [1.165, 1.54) is 50.0 Å². The molecule has 0 saturated heterocycles. The van der Waals surface area contributed by atoms with Gasteiger partial charge in [-0.25, -0.2) is 0 Å². The van der Waals surface area contributed by atoms with Gasteiger partial charge in [-0.15, -0.1) is 0 Å². The Hall–Kier alpha value is -3.30. The van der Waals surface area contributed by atoms with Crippen LogP contribution in [0.5, 0.6) is 5.75 Å².